The third-order valence-corrected chi connectivity index (χ3v) is 3.59. The first-order valence-electron chi connectivity index (χ1n) is 6.00. The number of hydrogen-bond donors (Lipinski definition) is 2. The summed E-state index contributed by atoms with van der Waals surface area (Å²) >= 11 is 0. The van der Waals surface area contributed by atoms with Crippen LogP contribution in [-0.4, -0.2) is 27.6 Å². The minimum absolute atomic E-state index is 0.191. The van der Waals surface area contributed by atoms with Crippen molar-refractivity contribution in [3.63, 3.8) is 0 Å². The number of carbonyl (C=O) groups is 1. The van der Waals surface area contributed by atoms with Gasteiger partial charge in [0.15, 0.2) is 5.69 Å². The molecule has 2 atom stereocenters. The predicted molar refractivity (Wildman–Crippen MR) is 60.9 cm³/mol. The Balaban J connectivity index is 2.08. The van der Waals surface area contributed by atoms with Crippen LogP contribution in [0.3, 0.4) is 0 Å². The van der Waals surface area contributed by atoms with Gasteiger partial charge in [-0.1, -0.05) is 6.92 Å². The van der Waals surface area contributed by atoms with Crippen molar-refractivity contribution in [3.05, 3.63) is 22.8 Å². The number of carboxylic acids is 1. The Kier molecular flexibility index (Phi) is 2.36. The van der Waals surface area contributed by atoms with Crippen molar-refractivity contribution < 1.29 is 9.90 Å². The van der Waals surface area contributed by atoms with Crippen LogP contribution in [0, 0.1) is 5.92 Å². The van der Waals surface area contributed by atoms with E-state index in [1.165, 1.54) is 0 Å². The van der Waals surface area contributed by atoms with Gasteiger partial charge in [-0.3, -0.25) is 0 Å². The molecular formula is C12H15N3O2. The van der Waals surface area contributed by atoms with Crippen LogP contribution in [0.25, 0.3) is 0 Å². The van der Waals surface area contributed by atoms with E-state index in [2.05, 4.69) is 22.2 Å². The first-order valence-corrected chi connectivity index (χ1v) is 6.00. The molecule has 3 rings (SSSR count). The van der Waals surface area contributed by atoms with E-state index in [-0.39, 0.29) is 5.69 Å². The Morgan fingerprint density at radius 1 is 1.47 bits per heavy atom. The summed E-state index contributed by atoms with van der Waals surface area (Å²) in [6.07, 6.45) is 1.88. The molecule has 1 aliphatic heterocycles. The van der Waals surface area contributed by atoms with E-state index in [1.807, 2.05) is 0 Å². The van der Waals surface area contributed by atoms with Crippen molar-refractivity contribution in [2.24, 2.45) is 5.92 Å². The summed E-state index contributed by atoms with van der Waals surface area (Å²) in [6.45, 7) is 3.58. The molecule has 0 amide bonds. The number of rotatable bonds is 2. The number of aromatic nitrogens is 2. The molecule has 0 spiro atoms. The summed E-state index contributed by atoms with van der Waals surface area (Å²) in [7, 11) is 0. The highest BCUT2D eigenvalue weighted by Gasteiger charge is 2.38. The normalized spacial score (nSPS) is 26.4. The molecule has 0 radical (unpaired) electrons. The standard InChI is InChI=1S/C12H15N3O2/c1-6-4-7(6)11-14-9-2-3-13-5-8(9)10(15-11)12(16)17/h6-7,13H,2-5H2,1H3,(H,16,17). The lowest BCUT2D eigenvalue weighted by Crippen LogP contribution is -2.28. The van der Waals surface area contributed by atoms with Crippen molar-refractivity contribution >= 4 is 5.97 Å². The van der Waals surface area contributed by atoms with Crippen LogP contribution < -0.4 is 5.32 Å². The molecule has 1 fully saturated rings. The Bertz CT molecular complexity index is 487. The smallest absolute Gasteiger partial charge is 0.354 e. The third-order valence-electron chi connectivity index (χ3n) is 3.59. The second-order valence-corrected chi connectivity index (χ2v) is 4.91. The van der Waals surface area contributed by atoms with Crippen molar-refractivity contribution in [3.8, 4) is 0 Å². The van der Waals surface area contributed by atoms with Gasteiger partial charge in [0.1, 0.15) is 5.82 Å². The Morgan fingerprint density at radius 2 is 2.24 bits per heavy atom. The fourth-order valence-electron chi connectivity index (χ4n) is 2.39. The Labute approximate surface area is 99.3 Å². The summed E-state index contributed by atoms with van der Waals surface area (Å²) in [5, 5.41) is 12.4. The summed E-state index contributed by atoms with van der Waals surface area (Å²) in [4.78, 5) is 20.0. The summed E-state index contributed by atoms with van der Waals surface area (Å²) < 4.78 is 0. The molecule has 1 aromatic rings. The molecule has 2 heterocycles. The monoisotopic (exact) mass is 233 g/mol. The van der Waals surface area contributed by atoms with Crippen LogP contribution in [-0.2, 0) is 13.0 Å². The molecule has 90 valence electrons. The molecule has 0 bridgehead atoms. The van der Waals surface area contributed by atoms with Crippen LogP contribution in [0.15, 0.2) is 0 Å². The Morgan fingerprint density at radius 3 is 2.88 bits per heavy atom. The lowest BCUT2D eigenvalue weighted by Gasteiger charge is -2.18. The van der Waals surface area contributed by atoms with Gasteiger partial charge in [-0.2, -0.15) is 0 Å². The fourth-order valence-corrected chi connectivity index (χ4v) is 2.39. The summed E-state index contributed by atoms with van der Waals surface area (Å²) in [5.41, 5.74) is 1.88. The minimum Gasteiger partial charge on any atom is -0.476 e. The van der Waals surface area contributed by atoms with Gasteiger partial charge >= 0.3 is 5.97 Å². The number of nitrogens with one attached hydrogen (secondary N) is 1. The summed E-state index contributed by atoms with van der Waals surface area (Å²) in [5.74, 6) is 0.752. The molecule has 5 heteroatoms. The van der Waals surface area contributed by atoms with Gasteiger partial charge in [-0.25, -0.2) is 14.8 Å². The molecule has 17 heavy (non-hydrogen) atoms. The van der Waals surface area contributed by atoms with Crippen LogP contribution in [0.4, 0.5) is 0 Å². The average Bonchev–Trinajstić information content (AvgIpc) is 3.05. The third kappa shape index (κ3) is 1.80. The number of nitrogens with zero attached hydrogens (tertiary/aromatic N) is 2. The SMILES string of the molecule is CC1CC1c1nc2c(c(C(=O)O)n1)CNCC2. The molecule has 1 saturated carbocycles. The van der Waals surface area contributed by atoms with Gasteiger partial charge in [-0.15, -0.1) is 0 Å². The molecule has 1 aromatic heterocycles. The lowest BCUT2D eigenvalue weighted by molar-refractivity contribution is 0.0688. The van der Waals surface area contributed by atoms with Crippen LogP contribution in [0.1, 0.15) is 46.8 Å². The van der Waals surface area contributed by atoms with Crippen molar-refractivity contribution in [2.45, 2.75) is 32.2 Å². The summed E-state index contributed by atoms with van der Waals surface area (Å²) in [6, 6.07) is 0. The van der Waals surface area contributed by atoms with Gasteiger partial charge in [0.25, 0.3) is 0 Å². The van der Waals surface area contributed by atoms with E-state index in [0.29, 0.717) is 18.4 Å². The quantitative estimate of drug-likeness (QED) is 0.795. The first kappa shape index (κ1) is 10.7. The number of carboxylic acid groups (broad SMARTS) is 1. The van der Waals surface area contributed by atoms with Crippen LogP contribution in [0.2, 0.25) is 0 Å². The van der Waals surface area contributed by atoms with Crippen LogP contribution in [0.5, 0.6) is 0 Å². The maximum absolute atomic E-state index is 11.2. The first-order chi connectivity index (χ1) is 8.16. The zero-order valence-electron chi connectivity index (χ0n) is 9.73. The minimum atomic E-state index is -0.943. The zero-order valence-corrected chi connectivity index (χ0v) is 9.73. The highest BCUT2D eigenvalue weighted by Crippen LogP contribution is 2.45. The van der Waals surface area contributed by atoms with Gasteiger partial charge in [0, 0.05) is 31.0 Å². The molecule has 5 nitrogen and oxygen atoms in total. The second-order valence-electron chi connectivity index (χ2n) is 4.91. The van der Waals surface area contributed by atoms with E-state index in [9.17, 15) is 9.90 Å². The maximum Gasteiger partial charge on any atom is 0.354 e. The number of fused-ring (bicyclic) bond motifs is 1. The highest BCUT2D eigenvalue weighted by atomic mass is 16.4. The fraction of sp³-hybridized carbons (Fsp3) is 0.583. The van der Waals surface area contributed by atoms with Crippen molar-refractivity contribution in [2.75, 3.05) is 6.54 Å². The highest BCUT2D eigenvalue weighted by molar-refractivity contribution is 5.87. The largest absolute Gasteiger partial charge is 0.476 e. The zero-order chi connectivity index (χ0) is 12.0. The molecule has 2 unspecified atom stereocenters. The molecule has 0 saturated heterocycles. The van der Waals surface area contributed by atoms with Crippen LogP contribution >= 0.6 is 0 Å². The average molecular weight is 233 g/mol. The van der Waals surface area contributed by atoms with Gasteiger partial charge in [0.05, 0.1) is 5.69 Å². The van der Waals surface area contributed by atoms with E-state index in [0.717, 1.165) is 36.5 Å². The van der Waals surface area contributed by atoms with Gasteiger partial charge in [-0.05, 0) is 12.3 Å². The van der Waals surface area contributed by atoms with Gasteiger partial charge in [0.2, 0.25) is 0 Å². The maximum atomic E-state index is 11.2. The molecule has 2 N–H and O–H groups in total. The predicted octanol–water partition coefficient (Wildman–Crippen LogP) is 0.944. The molecule has 2 aliphatic rings. The van der Waals surface area contributed by atoms with E-state index in [1.54, 1.807) is 0 Å². The second kappa shape index (κ2) is 3.77. The molecular weight excluding hydrogens is 218 g/mol. The van der Waals surface area contributed by atoms with E-state index >= 15 is 0 Å². The van der Waals surface area contributed by atoms with Gasteiger partial charge < -0.3 is 10.4 Å². The van der Waals surface area contributed by atoms with Crippen molar-refractivity contribution in [1.29, 1.82) is 0 Å². The van der Waals surface area contributed by atoms with Crippen molar-refractivity contribution in [1.82, 2.24) is 15.3 Å². The topological polar surface area (TPSA) is 75.1 Å². The number of aromatic carboxylic acids is 1. The Hall–Kier alpha value is -1.49. The van der Waals surface area contributed by atoms with E-state index < -0.39 is 5.97 Å². The molecule has 1 aliphatic carbocycles. The molecule has 0 aromatic carbocycles. The van der Waals surface area contributed by atoms with E-state index in [4.69, 9.17) is 0 Å². The lowest BCUT2D eigenvalue weighted by atomic mass is 10.0. The number of hydrogen-bond acceptors (Lipinski definition) is 4.